The molecule has 102 valence electrons. The molecule has 0 bridgehead atoms. The van der Waals surface area contributed by atoms with Crippen molar-refractivity contribution in [2.24, 2.45) is 0 Å². The first-order chi connectivity index (χ1) is 7.93. The summed E-state index contributed by atoms with van der Waals surface area (Å²) in [5.74, 6) is 0. The van der Waals surface area contributed by atoms with Crippen molar-refractivity contribution < 1.29 is 31.4 Å². The highest BCUT2D eigenvalue weighted by atomic mass is 19.4. The minimum Gasteiger partial charge on any atom is -0.397 e. The van der Waals surface area contributed by atoms with Crippen LogP contribution < -0.4 is 11.5 Å². The van der Waals surface area contributed by atoms with Gasteiger partial charge in [-0.25, -0.2) is 0 Å². The first-order valence-corrected chi connectivity index (χ1v) is 4.43. The number of hydrogen-bond donors (Lipinski definition) is 3. The Kier molecular flexibility index (Phi) is 3.16. The average molecular weight is 274 g/mol. The number of hydrogen-bond acceptors (Lipinski definition) is 3. The number of nitrogen functional groups attached to an aromatic ring is 2. The van der Waals surface area contributed by atoms with Crippen molar-refractivity contribution in [3.63, 3.8) is 0 Å². The van der Waals surface area contributed by atoms with Gasteiger partial charge in [0.15, 0.2) is 0 Å². The number of para-hydroxylation sites is 1. The lowest BCUT2D eigenvalue weighted by molar-refractivity contribution is -0.375. The summed E-state index contributed by atoms with van der Waals surface area (Å²) in [6, 6.07) is 2.28. The molecule has 0 aromatic heterocycles. The van der Waals surface area contributed by atoms with Crippen LogP contribution in [0.4, 0.5) is 37.7 Å². The van der Waals surface area contributed by atoms with Crippen LogP contribution in [0.15, 0.2) is 18.2 Å². The van der Waals surface area contributed by atoms with Crippen LogP contribution in [-0.2, 0) is 5.60 Å². The fraction of sp³-hybridized carbons (Fsp3) is 0.333. The molecule has 0 fully saturated rings. The van der Waals surface area contributed by atoms with E-state index in [9.17, 15) is 26.3 Å². The summed E-state index contributed by atoms with van der Waals surface area (Å²) < 4.78 is 75.2. The van der Waals surface area contributed by atoms with Gasteiger partial charge >= 0.3 is 12.4 Å². The predicted octanol–water partition coefficient (Wildman–Crippen LogP) is 2.16. The van der Waals surface area contributed by atoms with E-state index in [1.54, 1.807) is 0 Å². The van der Waals surface area contributed by atoms with E-state index in [1.807, 2.05) is 0 Å². The van der Waals surface area contributed by atoms with Crippen LogP contribution in [-0.4, -0.2) is 17.5 Å². The van der Waals surface area contributed by atoms with Crippen molar-refractivity contribution in [1.82, 2.24) is 0 Å². The van der Waals surface area contributed by atoms with Crippen molar-refractivity contribution in [2.75, 3.05) is 11.5 Å². The number of halogens is 6. The highest BCUT2D eigenvalue weighted by Gasteiger charge is 2.72. The quantitative estimate of drug-likeness (QED) is 0.543. The van der Waals surface area contributed by atoms with Gasteiger partial charge in [-0.05, 0) is 6.07 Å². The van der Waals surface area contributed by atoms with Gasteiger partial charge in [0.1, 0.15) is 0 Å². The Morgan fingerprint density at radius 2 is 1.33 bits per heavy atom. The van der Waals surface area contributed by atoms with Crippen LogP contribution in [0.2, 0.25) is 0 Å². The highest BCUT2D eigenvalue weighted by Crippen LogP contribution is 2.51. The van der Waals surface area contributed by atoms with E-state index in [1.165, 1.54) is 0 Å². The zero-order valence-electron chi connectivity index (χ0n) is 8.60. The normalized spacial score (nSPS) is 13.7. The molecule has 0 aliphatic rings. The maximum Gasteiger partial charge on any atom is 0.430 e. The molecular weight excluding hydrogens is 266 g/mol. The Hall–Kier alpha value is -1.64. The van der Waals surface area contributed by atoms with Gasteiger partial charge in [0.25, 0.3) is 5.60 Å². The van der Waals surface area contributed by atoms with Crippen LogP contribution in [0.1, 0.15) is 5.56 Å². The molecule has 0 aliphatic carbocycles. The summed E-state index contributed by atoms with van der Waals surface area (Å²) in [6.07, 6.45) is -12.0. The minimum atomic E-state index is -5.98. The molecular formula is C9H8F6N2O. The molecule has 0 unspecified atom stereocenters. The van der Waals surface area contributed by atoms with Crippen LogP contribution in [0.5, 0.6) is 0 Å². The Bertz CT molecular complexity index is 439. The Morgan fingerprint density at radius 1 is 0.889 bits per heavy atom. The third kappa shape index (κ3) is 1.94. The van der Waals surface area contributed by atoms with Gasteiger partial charge < -0.3 is 16.6 Å². The zero-order valence-corrected chi connectivity index (χ0v) is 8.60. The number of alkyl halides is 6. The number of nitrogens with two attached hydrogens (primary N) is 2. The predicted molar refractivity (Wildman–Crippen MR) is 51.3 cm³/mol. The Labute approximate surface area is 97.0 Å². The van der Waals surface area contributed by atoms with Crippen molar-refractivity contribution in [3.05, 3.63) is 23.8 Å². The second kappa shape index (κ2) is 3.94. The van der Waals surface area contributed by atoms with Crippen LogP contribution >= 0.6 is 0 Å². The number of rotatable bonds is 1. The van der Waals surface area contributed by atoms with Crippen LogP contribution in [0.3, 0.4) is 0 Å². The second-order valence-corrected chi connectivity index (χ2v) is 3.51. The number of benzene rings is 1. The zero-order chi connectivity index (χ0) is 14.4. The van der Waals surface area contributed by atoms with Gasteiger partial charge in [-0.2, -0.15) is 26.3 Å². The summed E-state index contributed by atoms with van der Waals surface area (Å²) in [5, 5.41) is 9.08. The van der Waals surface area contributed by atoms with E-state index in [0.717, 1.165) is 12.1 Å². The SMILES string of the molecule is Nc1cccc(C(O)(C(F)(F)F)C(F)(F)F)c1N. The average Bonchev–Trinajstić information content (AvgIpc) is 2.17. The first kappa shape index (κ1) is 14.4. The lowest BCUT2D eigenvalue weighted by atomic mass is 9.90. The fourth-order valence-corrected chi connectivity index (χ4v) is 1.36. The molecule has 1 rings (SSSR count). The lowest BCUT2D eigenvalue weighted by Gasteiger charge is -2.33. The van der Waals surface area contributed by atoms with Crippen LogP contribution in [0, 0.1) is 0 Å². The maximum absolute atomic E-state index is 12.5. The summed E-state index contributed by atoms with van der Waals surface area (Å²) >= 11 is 0. The molecule has 0 saturated carbocycles. The monoisotopic (exact) mass is 274 g/mol. The summed E-state index contributed by atoms with van der Waals surface area (Å²) in [5.41, 5.74) is 2.16. The van der Waals surface area contributed by atoms with E-state index in [-0.39, 0.29) is 0 Å². The summed E-state index contributed by atoms with van der Waals surface area (Å²) in [4.78, 5) is 0. The Morgan fingerprint density at radius 3 is 1.72 bits per heavy atom. The van der Waals surface area contributed by atoms with Crippen molar-refractivity contribution >= 4 is 11.4 Å². The molecule has 0 radical (unpaired) electrons. The van der Waals surface area contributed by atoms with E-state index in [2.05, 4.69) is 0 Å². The third-order valence-electron chi connectivity index (χ3n) is 2.35. The maximum atomic E-state index is 12.5. The van der Waals surface area contributed by atoms with Gasteiger partial charge in [-0.15, -0.1) is 0 Å². The van der Waals surface area contributed by atoms with Gasteiger partial charge in [-0.3, -0.25) is 0 Å². The van der Waals surface area contributed by atoms with Crippen molar-refractivity contribution in [1.29, 1.82) is 0 Å². The van der Waals surface area contributed by atoms with E-state index >= 15 is 0 Å². The third-order valence-corrected chi connectivity index (χ3v) is 2.35. The minimum absolute atomic E-state index is 0.423. The molecule has 0 saturated heterocycles. The number of aliphatic hydroxyl groups is 1. The molecule has 9 heteroatoms. The smallest absolute Gasteiger partial charge is 0.397 e. The largest absolute Gasteiger partial charge is 0.430 e. The van der Waals surface area contributed by atoms with E-state index in [0.29, 0.717) is 6.07 Å². The topological polar surface area (TPSA) is 72.3 Å². The molecule has 0 atom stereocenters. The lowest BCUT2D eigenvalue weighted by Crippen LogP contribution is -2.54. The van der Waals surface area contributed by atoms with Crippen LogP contribution in [0.25, 0.3) is 0 Å². The molecule has 1 aromatic carbocycles. The molecule has 0 amide bonds. The van der Waals surface area contributed by atoms with E-state index in [4.69, 9.17) is 16.6 Å². The molecule has 0 heterocycles. The molecule has 3 nitrogen and oxygen atoms in total. The summed E-state index contributed by atoms with van der Waals surface area (Å²) in [7, 11) is 0. The molecule has 5 N–H and O–H groups in total. The fourth-order valence-electron chi connectivity index (χ4n) is 1.36. The second-order valence-electron chi connectivity index (χ2n) is 3.51. The van der Waals surface area contributed by atoms with Crippen molar-refractivity contribution in [3.8, 4) is 0 Å². The highest BCUT2D eigenvalue weighted by molar-refractivity contribution is 5.69. The van der Waals surface area contributed by atoms with Gasteiger partial charge in [-0.1, -0.05) is 12.1 Å². The Balaban J connectivity index is 3.61. The summed E-state index contributed by atoms with van der Waals surface area (Å²) in [6.45, 7) is 0. The standard InChI is InChI=1S/C9H8F6N2O/c10-8(11,12)7(18,9(13,14)15)4-2-1-3-5(16)6(4)17/h1-3,18H,16-17H2. The van der Waals surface area contributed by atoms with Crippen molar-refractivity contribution in [2.45, 2.75) is 18.0 Å². The first-order valence-electron chi connectivity index (χ1n) is 4.43. The van der Waals surface area contributed by atoms with E-state index < -0.39 is 34.9 Å². The number of anilines is 2. The molecule has 18 heavy (non-hydrogen) atoms. The van der Waals surface area contributed by atoms with Gasteiger partial charge in [0, 0.05) is 5.56 Å². The molecule has 1 aromatic rings. The molecule has 0 spiro atoms. The van der Waals surface area contributed by atoms with Gasteiger partial charge in [0.05, 0.1) is 11.4 Å². The molecule has 0 aliphatic heterocycles. The van der Waals surface area contributed by atoms with Gasteiger partial charge in [0.2, 0.25) is 0 Å².